The van der Waals surface area contributed by atoms with Crippen molar-refractivity contribution in [1.82, 2.24) is 5.32 Å². The van der Waals surface area contributed by atoms with Gasteiger partial charge in [0.05, 0.1) is 18.8 Å². The number of hydrogen-bond acceptors (Lipinski definition) is 8. The number of allylic oxidation sites excluding steroid dienone is 3. The molecule has 33 heavy (non-hydrogen) atoms. The summed E-state index contributed by atoms with van der Waals surface area (Å²) in [5, 5.41) is 3.26. The van der Waals surface area contributed by atoms with Gasteiger partial charge in [-0.3, -0.25) is 9.59 Å². The highest BCUT2D eigenvalue weighted by Gasteiger charge is 2.47. The second-order valence-corrected chi connectivity index (χ2v) is 8.77. The van der Waals surface area contributed by atoms with Crippen molar-refractivity contribution in [2.45, 2.75) is 52.6 Å². The van der Waals surface area contributed by atoms with Crippen molar-refractivity contribution in [3.05, 3.63) is 46.3 Å². The molecule has 2 aliphatic heterocycles. The molecule has 1 aromatic rings. The molecule has 8 nitrogen and oxygen atoms in total. The van der Waals surface area contributed by atoms with Crippen LogP contribution in [0.25, 0.3) is 0 Å². The number of fused-ring (bicyclic) bond motifs is 1. The predicted octanol–water partition coefficient (Wildman–Crippen LogP) is 3.37. The fraction of sp³-hybridized carbons (Fsp3) is 0.480. The molecule has 176 valence electrons. The standard InChI is InChI=1S/C25H29NO7/c1-6-13(3)33-25(29)20-14(4)26-16-9-12(2)19(24(28)30-5)23(27)22(16)21(20)15-7-8-17-18(10-15)32-11-31-17/h7-8,10,12-13,19,21,26H,6,9,11H2,1-5H3/t12-,13-,19+,21-/m0/s1. The van der Waals surface area contributed by atoms with E-state index in [2.05, 4.69) is 5.32 Å². The third-order valence-corrected chi connectivity index (χ3v) is 6.58. The van der Waals surface area contributed by atoms with E-state index >= 15 is 0 Å². The van der Waals surface area contributed by atoms with Crippen LogP contribution in [0.15, 0.2) is 40.7 Å². The molecule has 0 bridgehead atoms. The zero-order valence-electron chi connectivity index (χ0n) is 19.5. The highest BCUT2D eigenvalue weighted by atomic mass is 16.7. The normalized spacial score (nSPS) is 24.8. The molecular weight excluding hydrogens is 426 g/mol. The van der Waals surface area contributed by atoms with Crippen LogP contribution in [-0.4, -0.2) is 37.7 Å². The van der Waals surface area contributed by atoms with Crippen molar-refractivity contribution < 1.29 is 33.3 Å². The third-order valence-electron chi connectivity index (χ3n) is 6.58. The van der Waals surface area contributed by atoms with E-state index in [0.29, 0.717) is 52.4 Å². The summed E-state index contributed by atoms with van der Waals surface area (Å²) < 4.78 is 21.6. The second-order valence-electron chi connectivity index (χ2n) is 8.77. The van der Waals surface area contributed by atoms with Crippen molar-refractivity contribution in [3.8, 4) is 11.5 Å². The second kappa shape index (κ2) is 8.92. The lowest BCUT2D eigenvalue weighted by atomic mass is 9.69. The van der Waals surface area contributed by atoms with E-state index in [1.807, 2.05) is 26.8 Å². The first kappa shape index (κ1) is 22.9. The van der Waals surface area contributed by atoms with E-state index in [1.165, 1.54) is 7.11 Å². The molecule has 0 saturated carbocycles. The van der Waals surface area contributed by atoms with Crippen LogP contribution in [-0.2, 0) is 23.9 Å². The van der Waals surface area contributed by atoms with Gasteiger partial charge in [0.25, 0.3) is 0 Å². The Morgan fingerprint density at radius 3 is 2.67 bits per heavy atom. The maximum atomic E-state index is 13.7. The zero-order valence-corrected chi connectivity index (χ0v) is 19.5. The first-order valence-electron chi connectivity index (χ1n) is 11.2. The maximum Gasteiger partial charge on any atom is 0.337 e. The van der Waals surface area contributed by atoms with Crippen LogP contribution in [0.4, 0.5) is 0 Å². The number of dihydropyridines is 1. The lowest BCUT2D eigenvalue weighted by Crippen LogP contribution is -2.43. The van der Waals surface area contributed by atoms with E-state index in [9.17, 15) is 14.4 Å². The number of esters is 2. The Labute approximate surface area is 192 Å². The van der Waals surface area contributed by atoms with E-state index in [-0.39, 0.29) is 24.6 Å². The minimum Gasteiger partial charge on any atom is -0.468 e. The molecule has 0 amide bonds. The highest BCUT2D eigenvalue weighted by Crippen LogP contribution is 2.47. The van der Waals surface area contributed by atoms with E-state index in [0.717, 1.165) is 0 Å². The molecule has 8 heteroatoms. The number of rotatable bonds is 5. The van der Waals surface area contributed by atoms with E-state index in [4.69, 9.17) is 18.9 Å². The monoisotopic (exact) mass is 455 g/mol. The van der Waals surface area contributed by atoms with Gasteiger partial charge in [-0.05, 0) is 50.3 Å². The van der Waals surface area contributed by atoms with Gasteiger partial charge in [0.1, 0.15) is 5.92 Å². The predicted molar refractivity (Wildman–Crippen MR) is 118 cm³/mol. The van der Waals surface area contributed by atoms with E-state index in [1.54, 1.807) is 19.1 Å². The lowest BCUT2D eigenvalue weighted by Gasteiger charge is -2.38. The molecule has 1 aromatic carbocycles. The summed E-state index contributed by atoms with van der Waals surface area (Å²) in [5.74, 6) is -2.15. The van der Waals surface area contributed by atoms with Crippen molar-refractivity contribution in [3.63, 3.8) is 0 Å². The summed E-state index contributed by atoms with van der Waals surface area (Å²) in [6, 6.07) is 5.36. The van der Waals surface area contributed by atoms with Crippen LogP contribution >= 0.6 is 0 Å². The summed E-state index contributed by atoms with van der Waals surface area (Å²) in [7, 11) is 1.28. The number of ketones is 1. The van der Waals surface area contributed by atoms with Crippen LogP contribution in [0, 0.1) is 11.8 Å². The quantitative estimate of drug-likeness (QED) is 0.533. The molecule has 0 unspecified atom stereocenters. The van der Waals surface area contributed by atoms with Gasteiger partial charge >= 0.3 is 11.9 Å². The molecule has 0 radical (unpaired) electrons. The average molecular weight is 456 g/mol. The number of nitrogens with one attached hydrogen (secondary N) is 1. The number of hydrogen-bond donors (Lipinski definition) is 1. The summed E-state index contributed by atoms with van der Waals surface area (Å²) >= 11 is 0. The number of benzene rings is 1. The number of carbonyl (C=O) groups excluding carboxylic acids is 3. The lowest BCUT2D eigenvalue weighted by molar-refractivity contribution is -0.151. The first-order chi connectivity index (χ1) is 15.8. The Morgan fingerprint density at radius 2 is 1.97 bits per heavy atom. The zero-order chi connectivity index (χ0) is 23.9. The molecule has 0 spiro atoms. The van der Waals surface area contributed by atoms with Crippen LogP contribution in [0.3, 0.4) is 0 Å². The largest absolute Gasteiger partial charge is 0.468 e. The van der Waals surface area contributed by atoms with Gasteiger partial charge in [-0.25, -0.2) is 4.79 Å². The summed E-state index contributed by atoms with van der Waals surface area (Å²) in [4.78, 5) is 39.5. The van der Waals surface area contributed by atoms with Crippen molar-refractivity contribution in [2.75, 3.05) is 13.9 Å². The number of ether oxygens (including phenoxy) is 4. The molecule has 3 aliphatic rings. The van der Waals surface area contributed by atoms with Gasteiger partial charge in [0.15, 0.2) is 17.3 Å². The Hall–Kier alpha value is -3.29. The Balaban J connectivity index is 1.85. The van der Waals surface area contributed by atoms with E-state index < -0.39 is 23.8 Å². The molecule has 4 rings (SSSR count). The molecule has 0 saturated heterocycles. The highest BCUT2D eigenvalue weighted by molar-refractivity contribution is 6.12. The van der Waals surface area contributed by atoms with Gasteiger partial charge in [-0.2, -0.15) is 0 Å². The Kier molecular flexibility index (Phi) is 6.19. The number of carbonyl (C=O) groups is 3. The molecule has 0 aromatic heterocycles. The molecule has 2 heterocycles. The number of methoxy groups -OCH3 is 1. The van der Waals surface area contributed by atoms with Crippen molar-refractivity contribution >= 4 is 17.7 Å². The molecular formula is C25H29NO7. The minimum absolute atomic E-state index is 0.109. The molecule has 0 fully saturated rings. The molecule has 1 N–H and O–H groups in total. The Morgan fingerprint density at radius 1 is 1.24 bits per heavy atom. The van der Waals surface area contributed by atoms with Gasteiger partial charge in [-0.15, -0.1) is 0 Å². The third kappa shape index (κ3) is 3.98. The summed E-state index contributed by atoms with van der Waals surface area (Å²) in [6.45, 7) is 7.52. The summed E-state index contributed by atoms with van der Waals surface area (Å²) in [5.41, 5.74) is 2.77. The van der Waals surface area contributed by atoms with Crippen LogP contribution in [0.1, 0.15) is 52.0 Å². The van der Waals surface area contributed by atoms with Crippen LogP contribution in [0.5, 0.6) is 11.5 Å². The Bertz CT molecular complexity index is 1070. The summed E-state index contributed by atoms with van der Waals surface area (Å²) in [6.07, 6.45) is 0.859. The first-order valence-corrected chi connectivity index (χ1v) is 11.2. The minimum atomic E-state index is -0.933. The van der Waals surface area contributed by atoms with Crippen LogP contribution < -0.4 is 14.8 Å². The van der Waals surface area contributed by atoms with Crippen LogP contribution in [0.2, 0.25) is 0 Å². The number of Topliss-reactive ketones (excluding diaryl/α,β-unsaturated/α-hetero) is 1. The smallest absolute Gasteiger partial charge is 0.337 e. The average Bonchev–Trinajstić information content (AvgIpc) is 3.25. The van der Waals surface area contributed by atoms with Gasteiger partial charge in [-0.1, -0.05) is 19.9 Å². The van der Waals surface area contributed by atoms with Crippen molar-refractivity contribution in [2.24, 2.45) is 11.8 Å². The fourth-order valence-electron chi connectivity index (χ4n) is 4.71. The maximum absolute atomic E-state index is 13.7. The topological polar surface area (TPSA) is 100 Å². The van der Waals surface area contributed by atoms with Gasteiger partial charge < -0.3 is 24.3 Å². The fourth-order valence-corrected chi connectivity index (χ4v) is 4.71. The van der Waals surface area contributed by atoms with Gasteiger partial charge in [0.2, 0.25) is 6.79 Å². The van der Waals surface area contributed by atoms with Crippen molar-refractivity contribution in [1.29, 1.82) is 0 Å². The SMILES string of the molecule is CC[C@H](C)OC(=O)C1=C(C)NC2=C(C(=O)[C@H](C(=O)OC)[C@@H](C)C2)[C@H]1c1ccc2c(c1)OCO2. The van der Waals surface area contributed by atoms with Gasteiger partial charge in [0, 0.05) is 22.9 Å². The molecule has 4 atom stereocenters. The molecule has 1 aliphatic carbocycles.